The van der Waals surface area contributed by atoms with Crippen molar-refractivity contribution in [1.29, 1.82) is 0 Å². The highest BCUT2D eigenvalue weighted by Gasteiger charge is 2.19. The zero-order valence-electron chi connectivity index (χ0n) is 24.5. The normalized spacial score (nSPS) is 11.3. The monoisotopic (exact) mass is 614 g/mol. The highest BCUT2D eigenvalue weighted by molar-refractivity contribution is 7.20. The van der Waals surface area contributed by atoms with Gasteiger partial charge in [0.2, 0.25) is 0 Å². The second-order valence-electron chi connectivity index (χ2n) is 10.1. The molecular weight excluding hydrogens is 584 g/mol. The Balaban J connectivity index is 1.47. The molecule has 0 unspecified atom stereocenters. The molecule has 0 bridgehead atoms. The van der Waals surface area contributed by atoms with Crippen molar-refractivity contribution in [2.24, 2.45) is 0 Å². The molecule has 0 atom stereocenters. The van der Waals surface area contributed by atoms with Crippen LogP contribution >= 0.6 is 11.3 Å². The number of benzene rings is 4. The van der Waals surface area contributed by atoms with Gasteiger partial charge in [0.05, 0.1) is 23.2 Å². The summed E-state index contributed by atoms with van der Waals surface area (Å²) in [4.78, 5) is 17.2. The molecule has 2 N–H and O–H groups in total. The number of nitrogens with one attached hydrogen (secondary N) is 1. The van der Waals surface area contributed by atoms with E-state index in [0.29, 0.717) is 30.3 Å². The number of carbonyl (C=O) groups is 1. The number of nitrogens with zero attached hydrogens (tertiary/aromatic N) is 1. The lowest BCUT2D eigenvalue weighted by atomic mass is 10.1. The van der Waals surface area contributed by atoms with Gasteiger partial charge in [-0.05, 0) is 65.2 Å². The van der Waals surface area contributed by atoms with Gasteiger partial charge in [-0.25, -0.2) is 4.79 Å². The third-order valence-electron chi connectivity index (χ3n) is 7.11. The fraction of sp³-hybridized carbons (Fsp3) is 0.0811. The second kappa shape index (κ2) is 13.8. The third-order valence-corrected chi connectivity index (χ3v) is 8.21. The second-order valence-corrected chi connectivity index (χ2v) is 11.2. The molecule has 7 nitrogen and oxygen atoms in total. The number of aliphatic carboxylic acids is 1. The van der Waals surface area contributed by atoms with Gasteiger partial charge in [-0.15, -0.1) is 11.3 Å². The van der Waals surface area contributed by atoms with E-state index < -0.39 is 5.97 Å². The SMILES string of the molecule is COc1ccc(Nc2c(/C=C(/C(=O)O)c3ccncc3)sc3cc(OCc4ccccc4)c(OCc4ccccc4)cc23)cc1. The van der Waals surface area contributed by atoms with Crippen molar-refractivity contribution in [2.75, 3.05) is 12.4 Å². The molecule has 0 saturated heterocycles. The van der Waals surface area contributed by atoms with Crippen molar-refractivity contribution in [3.8, 4) is 17.2 Å². The third kappa shape index (κ3) is 7.14. The Morgan fingerprint density at radius 1 is 0.822 bits per heavy atom. The molecule has 45 heavy (non-hydrogen) atoms. The van der Waals surface area contributed by atoms with Crippen molar-refractivity contribution in [3.05, 3.63) is 143 Å². The van der Waals surface area contributed by atoms with Gasteiger partial charge < -0.3 is 24.6 Å². The lowest BCUT2D eigenvalue weighted by Gasteiger charge is -2.14. The molecule has 0 radical (unpaired) electrons. The van der Waals surface area contributed by atoms with E-state index in [1.54, 1.807) is 37.7 Å². The zero-order valence-corrected chi connectivity index (χ0v) is 25.3. The molecular formula is C37H30N2O5S. The van der Waals surface area contributed by atoms with Crippen LogP contribution in [0.25, 0.3) is 21.7 Å². The first-order valence-electron chi connectivity index (χ1n) is 14.3. The molecule has 0 saturated carbocycles. The summed E-state index contributed by atoms with van der Waals surface area (Å²) in [5.74, 6) is 0.884. The van der Waals surface area contributed by atoms with Gasteiger partial charge >= 0.3 is 5.97 Å². The maximum absolute atomic E-state index is 12.4. The summed E-state index contributed by atoms with van der Waals surface area (Å²) in [6, 6.07) is 34.8. The molecule has 0 aliphatic carbocycles. The Labute approximate surface area is 265 Å². The number of methoxy groups -OCH3 is 1. The van der Waals surface area contributed by atoms with Crippen LogP contribution in [0.1, 0.15) is 21.6 Å². The number of anilines is 2. The van der Waals surface area contributed by atoms with E-state index in [2.05, 4.69) is 10.3 Å². The van der Waals surface area contributed by atoms with Crippen molar-refractivity contribution in [2.45, 2.75) is 13.2 Å². The summed E-state index contributed by atoms with van der Waals surface area (Å²) in [5.41, 5.74) is 4.36. The minimum absolute atomic E-state index is 0.155. The number of thiophene rings is 1. The lowest BCUT2D eigenvalue weighted by molar-refractivity contribution is -0.130. The van der Waals surface area contributed by atoms with Crippen LogP contribution in [0.15, 0.2) is 122 Å². The van der Waals surface area contributed by atoms with Gasteiger partial charge in [0.1, 0.15) is 19.0 Å². The fourth-order valence-corrected chi connectivity index (χ4v) is 5.91. The van der Waals surface area contributed by atoms with E-state index in [1.807, 2.05) is 97.1 Å². The number of hydrogen-bond acceptors (Lipinski definition) is 7. The first kappa shape index (κ1) is 29.5. The van der Waals surface area contributed by atoms with Crippen LogP contribution in [0.2, 0.25) is 0 Å². The molecule has 0 amide bonds. The summed E-state index contributed by atoms with van der Waals surface area (Å²) in [6.07, 6.45) is 4.86. The Morgan fingerprint density at radius 2 is 1.42 bits per heavy atom. The van der Waals surface area contributed by atoms with Crippen molar-refractivity contribution >= 4 is 50.4 Å². The smallest absolute Gasteiger partial charge is 0.336 e. The molecule has 0 fully saturated rings. The minimum atomic E-state index is -1.03. The van der Waals surface area contributed by atoms with Gasteiger partial charge in [0.25, 0.3) is 0 Å². The molecule has 0 spiro atoms. The number of ether oxygens (including phenoxy) is 3. The number of carboxylic acids is 1. The van der Waals surface area contributed by atoms with Crippen LogP contribution in [0.5, 0.6) is 17.2 Å². The van der Waals surface area contributed by atoms with E-state index in [4.69, 9.17) is 14.2 Å². The van der Waals surface area contributed by atoms with E-state index in [0.717, 1.165) is 43.2 Å². The van der Waals surface area contributed by atoms with Gasteiger partial charge in [-0.3, -0.25) is 4.98 Å². The maximum atomic E-state index is 12.4. The minimum Gasteiger partial charge on any atom is -0.497 e. The predicted molar refractivity (Wildman–Crippen MR) is 179 cm³/mol. The Kier molecular flexibility index (Phi) is 9.03. The Bertz CT molecular complexity index is 1920. The molecule has 6 aromatic rings. The van der Waals surface area contributed by atoms with Crippen LogP contribution in [0, 0.1) is 0 Å². The van der Waals surface area contributed by atoms with E-state index in [-0.39, 0.29) is 5.57 Å². The molecule has 8 heteroatoms. The summed E-state index contributed by atoms with van der Waals surface area (Å²) < 4.78 is 19.0. The number of aromatic nitrogens is 1. The topological polar surface area (TPSA) is 89.9 Å². The molecule has 2 aromatic heterocycles. The standard InChI is InChI=1S/C37H30N2O5S/c1-42-29-14-12-28(13-15-29)39-36-31-20-32(43-23-25-8-4-2-5-9-25)33(44-24-26-10-6-3-7-11-26)22-34(31)45-35(36)21-30(37(40)41)27-16-18-38-19-17-27/h2-22,39H,23-24H2,1H3,(H,40,41)/b30-21+. The highest BCUT2D eigenvalue weighted by atomic mass is 32.1. The maximum Gasteiger partial charge on any atom is 0.336 e. The summed E-state index contributed by atoms with van der Waals surface area (Å²) >= 11 is 1.47. The molecule has 0 aliphatic heterocycles. The van der Waals surface area contributed by atoms with Gasteiger partial charge in [0, 0.05) is 34.2 Å². The average Bonchev–Trinajstić information content (AvgIpc) is 3.41. The summed E-state index contributed by atoms with van der Waals surface area (Å²) in [5, 5.41) is 14.6. The number of hydrogen-bond donors (Lipinski definition) is 2. The molecule has 2 heterocycles. The molecule has 0 aliphatic rings. The van der Waals surface area contributed by atoms with Crippen LogP contribution in [0.4, 0.5) is 11.4 Å². The highest BCUT2D eigenvalue weighted by Crippen LogP contribution is 2.45. The quantitative estimate of drug-likeness (QED) is 0.133. The fourth-order valence-electron chi connectivity index (χ4n) is 4.80. The van der Waals surface area contributed by atoms with Crippen molar-refractivity contribution < 1.29 is 24.1 Å². The van der Waals surface area contributed by atoms with Gasteiger partial charge in [-0.2, -0.15) is 0 Å². The molecule has 224 valence electrons. The Morgan fingerprint density at radius 3 is 2.00 bits per heavy atom. The van der Waals surface area contributed by atoms with E-state index in [9.17, 15) is 9.90 Å². The summed E-state index contributed by atoms with van der Waals surface area (Å²) in [6.45, 7) is 0.728. The summed E-state index contributed by atoms with van der Waals surface area (Å²) in [7, 11) is 1.62. The number of carboxylic acid groups (broad SMARTS) is 1. The first-order chi connectivity index (χ1) is 22.1. The van der Waals surface area contributed by atoms with E-state index in [1.165, 1.54) is 11.3 Å². The number of rotatable bonds is 12. The Hall–Kier alpha value is -5.60. The van der Waals surface area contributed by atoms with Crippen LogP contribution < -0.4 is 19.5 Å². The zero-order chi connectivity index (χ0) is 31.0. The largest absolute Gasteiger partial charge is 0.497 e. The van der Waals surface area contributed by atoms with Crippen molar-refractivity contribution in [1.82, 2.24) is 4.98 Å². The van der Waals surface area contributed by atoms with Gasteiger partial charge in [-0.1, -0.05) is 60.7 Å². The number of fused-ring (bicyclic) bond motifs is 1. The van der Waals surface area contributed by atoms with Crippen LogP contribution in [-0.2, 0) is 18.0 Å². The predicted octanol–water partition coefficient (Wildman–Crippen LogP) is 8.83. The first-order valence-corrected chi connectivity index (χ1v) is 15.1. The number of pyridine rings is 1. The van der Waals surface area contributed by atoms with Crippen molar-refractivity contribution in [3.63, 3.8) is 0 Å². The van der Waals surface area contributed by atoms with E-state index >= 15 is 0 Å². The van der Waals surface area contributed by atoms with Crippen LogP contribution in [-0.4, -0.2) is 23.2 Å². The molecule has 6 rings (SSSR count). The van der Waals surface area contributed by atoms with Crippen LogP contribution in [0.3, 0.4) is 0 Å². The molecule has 4 aromatic carbocycles. The average molecular weight is 615 g/mol. The van der Waals surface area contributed by atoms with Gasteiger partial charge in [0.15, 0.2) is 11.5 Å². The lowest BCUT2D eigenvalue weighted by Crippen LogP contribution is -2.01.